The van der Waals surface area contributed by atoms with Crippen molar-refractivity contribution in [3.8, 4) is 5.75 Å². The van der Waals surface area contributed by atoms with Crippen molar-refractivity contribution in [3.05, 3.63) is 52.4 Å². The molecule has 0 bridgehead atoms. The average molecular weight is 397 g/mol. The van der Waals surface area contributed by atoms with Gasteiger partial charge in [-0.1, -0.05) is 25.5 Å². The molecular formula is C23H27NO5. The predicted molar refractivity (Wildman–Crippen MR) is 108 cm³/mol. The van der Waals surface area contributed by atoms with Crippen LogP contribution < -0.4 is 10.1 Å². The SMILES string of the molecule is CCCCOC(=O)C1=C(C)NC2=C(C(=O)CCC2)C1c1ccc(OC(C)=O)cc1. The number of ether oxygens (including phenoxy) is 2. The molecule has 1 aromatic carbocycles. The topological polar surface area (TPSA) is 81.7 Å². The second kappa shape index (κ2) is 9.07. The first-order chi connectivity index (χ1) is 13.9. The Morgan fingerprint density at radius 3 is 2.55 bits per heavy atom. The Morgan fingerprint density at radius 1 is 1.17 bits per heavy atom. The largest absolute Gasteiger partial charge is 0.462 e. The molecule has 0 spiro atoms. The zero-order valence-electron chi connectivity index (χ0n) is 17.2. The number of carbonyl (C=O) groups excluding carboxylic acids is 3. The first-order valence-corrected chi connectivity index (χ1v) is 10.1. The lowest BCUT2D eigenvalue weighted by molar-refractivity contribution is -0.139. The second-order valence-electron chi connectivity index (χ2n) is 7.42. The van der Waals surface area contributed by atoms with Crippen molar-refractivity contribution in [1.29, 1.82) is 0 Å². The molecule has 0 radical (unpaired) electrons. The number of allylic oxidation sites excluding steroid dienone is 3. The predicted octanol–water partition coefficient (Wildman–Crippen LogP) is 3.92. The maximum absolute atomic E-state index is 12.9. The Labute approximate surface area is 171 Å². The number of nitrogens with one attached hydrogen (secondary N) is 1. The van der Waals surface area contributed by atoms with Crippen LogP contribution in [0, 0.1) is 0 Å². The quantitative estimate of drug-likeness (QED) is 0.445. The van der Waals surface area contributed by atoms with E-state index in [0.29, 0.717) is 35.6 Å². The molecule has 0 saturated carbocycles. The van der Waals surface area contributed by atoms with Crippen LogP contribution in [0.4, 0.5) is 0 Å². The normalized spacial score (nSPS) is 18.9. The summed E-state index contributed by atoms with van der Waals surface area (Å²) in [6.07, 6.45) is 3.77. The van der Waals surface area contributed by atoms with E-state index in [1.54, 1.807) is 24.3 Å². The van der Waals surface area contributed by atoms with Gasteiger partial charge in [0.05, 0.1) is 12.2 Å². The summed E-state index contributed by atoms with van der Waals surface area (Å²) in [4.78, 5) is 36.9. The van der Waals surface area contributed by atoms with Gasteiger partial charge in [0.25, 0.3) is 0 Å². The van der Waals surface area contributed by atoms with Crippen molar-refractivity contribution < 1.29 is 23.9 Å². The van der Waals surface area contributed by atoms with Crippen LogP contribution in [-0.4, -0.2) is 24.3 Å². The molecule has 3 rings (SSSR count). The van der Waals surface area contributed by atoms with Crippen LogP contribution in [0.1, 0.15) is 64.4 Å². The van der Waals surface area contributed by atoms with Crippen LogP contribution in [0.25, 0.3) is 0 Å². The van der Waals surface area contributed by atoms with E-state index in [1.807, 2.05) is 13.8 Å². The lowest BCUT2D eigenvalue weighted by atomic mass is 9.75. The molecule has 0 aromatic heterocycles. The summed E-state index contributed by atoms with van der Waals surface area (Å²) in [6, 6.07) is 6.96. The number of unbranched alkanes of at least 4 members (excludes halogenated alkanes) is 1. The minimum absolute atomic E-state index is 0.0548. The molecule has 1 aromatic rings. The molecule has 1 unspecified atom stereocenters. The Kier molecular flexibility index (Phi) is 6.52. The van der Waals surface area contributed by atoms with Gasteiger partial charge in [0.1, 0.15) is 5.75 Å². The number of benzene rings is 1. The number of esters is 2. The molecule has 6 heteroatoms. The zero-order chi connectivity index (χ0) is 21.0. The highest BCUT2D eigenvalue weighted by Gasteiger charge is 2.39. The van der Waals surface area contributed by atoms with Crippen molar-refractivity contribution in [2.45, 2.75) is 58.8 Å². The van der Waals surface area contributed by atoms with E-state index in [-0.39, 0.29) is 5.78 Å². The van der Waals surface area contributed by atoms with E-state index in [9.17, 15) is 14.4 Å². The van der Waals surface area contributed by atoms with E-state index >= 15 is 0 Å². The molecule has 0 saturated heterocycles. The fraction of sp³-hybridized carbons (Fsp3) is 0.435. The number of rotatable bonds is 6. The molecular weight excluding hydrogens is 370 g/mol. The van der Waals surface area contributed by atoms with Gasteiger partial charge in [-0.25, -0.2) is 4.79 Å². The maximum atomic E-state index is 12.9. The van der Waals surface area contributed by atoms with Gasteiger partial charge in [0.2, 0.25) is 0 Å². The van der Waals surface area contributed by atoms with Gasteiger partial charge < -0.3 is 14.8 Å². The standard InChI is InChI=1S/C23H27NO5/c1-4-5-13-28-23(27)20-14(2)24-18-7-6-8-19(26)22(18)21(20)16-9-11-17(12-10-16)29-15(3)25/h9-12,21,24H,4-8,13H2,1-3H3. The first kappa shape index (κ1) is 20.8. The van der Waals surface area contributed by atoms with E-state index in [0.717, 1.165) is 36.9 Å². The molecule has 1 N–H and O–H groups in total. The fourth-order valence-corrected chi connectivity index (χ4v) is 3.87. The summed E-state index contributed by atoms with van der Waals surface area (Å²) in [5, 5.41) is 3.28. The van der Waals surface area contributed by atoms with Crippen molar-refractivity contribution >= 4 is 17.7 Å². The monoisotopic (exact) mass is 397 g/mol. The molecule has 1 heterocycles. The summed E-state index contributed by atoms with van der Waals surface area (Å²) in [5.41, 5.74) is 3.51. The average Bonchev–Trinajstić information content (AvgIpc) is 2.67. The van der Waals surface area contributed by atoms with Crippen molar-refractivity contribution in [3.63, 3.8) is 0 Å². The summed E-state index contributed by atoms with van der Waals surface area (Å²) >= 11 is 0. The fourth-order valence-electron chi connectivity index (χ4n) is 3.87. The third-order valence-corrected chi connectivity index (χ3v) is 5.20. The van der Waals surface area contributed by atoms with E-state index in [2.05, 4.69) is 5.32 Å². The Morgan fingerprint density at radius 2 is 1.90 bits per heavy atom. The molecule has 154 valence electrons. The Balaban J connectivity index is 2.01. The van der Waals surface area contributed by atoms with Gasteiger partial charge >= 0.3 is 11.9 Å². The van der Waals surface area contributed by atoms with Crippen LogP contribution in [0.2, 0.25) is 0 Å². The lowest BCUT2D eigenvalue weighted by Crippen LogP contribution is -2.34. The van der Waals surface area contributed by atoms with Crippen molar-refractivity contribution in [1.82, 2.24) is 5.32 Å². The second-order valence-corrected chi connectivity index (χ2v) is 7.42. The number of dihydropyridines is 1. The van der Waals surface area contributed by atoms with Gasteiger partial charge in [0, 0.05) is 36.2 Å². The van der Waals surface area contributed by atoms with Crippen LogP contribution in [0.3, 0.4) is 0 Å². The molecule has 0 fully saturated rings. The smallest absolute Gasteiger partial charge is 0.336 e. The van der Waals surface area contributed by atoms with Gasteiger partial charge in [0.15, 0.2) is 5.78 Å². The number of Topliss-reactive ketones (excluding diaryl/α,β-unsaturated/α-hetero) is 1. The molecule has 1 aliphatic carbocycles. The summed E-state index contributed by atoms with van der Waals surface area (Å²) in [7, 11) is 0. The molecule has 29 heavy (non-hydrogen) atoms. The highest BCUT2D eigenvalue weighted by atomic mass is 16.5. The zero-order valence-corrected chi connectivity index (χ0v) is 17.2. The summed E-state index contributed by atoms with van der Waals surface area (Å²) in [6.45, 7) is 5.57. The first-order valence-electron chi connectivity index (χ1n) is 10.1. The summed E-state index contributed by atoms with van der Waals surface area (Å²) in [5.74, 6) is -0.809. The Bertz CT molecular complexity index is 879. The van der Waals surface area contributed by atoms with Crippen molar-refractivity contribution in [2.75, 3.05) is 6.61 Å². The van der Waals surface area contributed by atoms with E-state index in [1.165, 1.54) is 6.92 Å². The van der Waals surface area contributed by atoms with Crippen molar-refractivity contribution in [2.24, 2.45) is 0 Å². The van der Waals surface area contributed by atoms with Gasteiger partial charge in [-0.3, -0.25) is 9.59 Å². The third-order valence-electron chi connectivity index (χ3n) is 5.20. The molecule has 0 amide bonds. The van der Waals surface area contributed by atoms with Gasteiger partial charge in [-0.05, 0) is 43.9 Å². The molecule has 1 atom stereocenters. The van der Waals surface area contributed by atoms with Crippen LogP contribution in [0.5, 0.6) is 5.75 Å². The van der Waals surface area contributed by atoms with E-state index in [4.69, 9.17) is 9.47 Å². The molecule has 6 nitrogen and oxygen atoms in total. The Hall–Kier alpha value is -2.89. The molecule has 1 aliphatic heterocycles. The number of ketones is 1. The number of hydrogen-bond acceptors (Lipinski definition) is 6. The van der Waals surface area contributed by atoms with Gasteiger partial charge in [-0.2, -0.15) is 0 Å². The molecule has 2 aliphatic rings. The summed E-state index contributed by atoms with van der Waals surface area (Å²) < 4.78 is 10.6. The third kappa shape index (κ3) is 4.58. The van der Waals surface area contributed by atoms with E-state index < -0.39 is 17.9 Å². The van der Waals surface area contributed by atoms with Crippen LogP contribution >= 0.6 is 0 Å². The number of carbonyl (C=O) groups is 3. The highest BCUT2D eigenvalue weighted by Crippen LogP contribution is 2.42. The van der Waals surface area contributed by atoms with Crippen LogP contribution in [-0.2, 0) is 19.1 Å². The van der Waals surface area contributed by atoms with Gasteiger partial charge in [-0.15, -0.1) is 0 Å². The highest BCUT2D eigenvalue weighted by molar-refractivity contribution is 6.03. The minimum atomic E-state index is -0.487. The van der Waals surface area contributed by atoms with Crippen LogP contribution in [0.15, 0.2) is 46.8 Å². The minimum Gasteiger partial charge on any atom is -0.462 e. The maximum Gasteiger partial charge on any atom is 0.336 e. The lowest BCUT2D eigenvalue weighted by Gasteiger charge is -2.34. The number of hydrogen-bond donors (Lipinski definition) is 1.